The Morgan fingerprint density at radius 2 is 1.90 bits per heavy atom. The molecule has 1 aromatic carbocycles. The van der Waals surface area contributed by atoms with Gasteiger partial charge >= 0.3 is 0 Å². The van der Waals surface area contributed by atoms with Crippen molar-refractivity contribution in [3.63, 3.8) is 0 Å². The molecule has 1 aliphatic rings. The first-order valence-corrected chi connectivity index (χ1v) is 7.51. The molecule has 0 saturated heterocycles. The third-order valence-corrected chi connectivity index (χ3v) is 3.59. The van der Waals surface area contributed by atoms with Crippen LogP contribution in [0, 0.1) is 0 Å². The zero-order valence-electron chi connectivity index (χ0n) is 12.1. The molecule has 0 spiro atoms. The first-order chi connectivity index (χ1) is 9.67. The van der Waals surface area contributed by atoms with E-state index in [9.17, 15) is 0 Å². The van der Waals surface area contributed by atoms with Crippen molar-refractivity contribution in [2.45, 2.75) is 32.7 Å². The lowest BCUT2D eigenvalue weighted by molar-refractivity contribution is 0.174. The summed E-state index contributed by atoms with van der Waals surface area (Å²) in [6.45, 7) is 6.57. The van der Waals surface area contributed by atoms with Gasteiger partial charge in [0.2, 0.25) is 6.79 Å². The highest BCUT2D eigenvalue weighted by atomic mass is 32.1. The van der Waals surface area contributed by atoms with Crippen molar-refractivity contribution >= 4 is 17.2 Å². The second kappa shape index (κ2) is 6.90. The number of thiocarbonyl (C=S) groups is 1. The van der Waals surface area contributed by atoms with Gasteiger partial charge in [-0.15, -0.1) is 0 Å². The molecule has 20 heavy (non-hydrogen) atoms. The fraction of sp³-hybridized carbons (Fsp3) is 0.533. The minimum Gasteiger partial charge on any atom is -0.454 e. The van der Waals surface area contributed by atoms with E-state index in [1.807, 2.05) is 18.2 Å². The molecule has 0 saturated carbocycles. The maximum atomic E-state index is 5.99. The zero-order valence-corrected chi connectivity index (χ0v) is 12.9. The summed E-state index contributed by atoms with van der Waals surface area (Å²) in [7, 11) is 0. The van der Waals surface area contributed by atoms with Gasteiger partial charge in [-0.3, -0.25) is 4.90 Å². The summed E-state index contributed by atoms with van der Waals surface area (Å²) in [6.07, 6.45) is 2.15. The van der Waals surface area contributed by atoms with Gasteiger partial charge in [0.05, 0.1) is 11.0 Å². The molecule has 0 aliphatic carbocycles. The van der Waals surface area contributed by atoms with Crippen LogP contribution in [0.3, 0.4) is 0 Å². The van der Waals surface area contributed by atoms with E-state index in [4.69, 9.17) is 27.4 Å². The van der Waals surface area contributed by atoms with Crippen LogP contribution in [-0.4, -0.2) is 29.8 Å². The van der Waals surface area contributed by atoms with Crippen LogP contribution >= 0.6 is 12.2 Å². The summed E-state index contributed by atoms with van der Waals surface area (Å²) in [5.41, 5.74) is 7.07. The summed E-state index contributed by atoms with van der Waals surface area (Å²) < 4.78 is 10.8. The molecule has 0 aromatic heterocycles. The minimum absolute atomic E-state index is 0.0422. The molecule has 1 aliphatic heterocycles. The molecule has 0 radical (unpaired) electrons. The summed E-state index contributed by atoms with van der Waals surface area (Å²) in [5, 5.41) is 0. The van der Waals surface area contributed by atoms with Gasteiger partial charge in [-0.05, 0) is 43.6 Å². The lowest BCUT2D eigenvalue weighted by atomic mass is 10.0. The van der Waals surface area contributed by atoms with Crippen molar-refractivity contribution in [2.24, 2.45) is 5.73 Å². The number of hydrogen-bond donors (Lipinski definition) is 1. The highest BCUT2D eigenvalue weighted by molar-refractivity contribution is 7.80. The molecule has 1 aromatic rings. The van der Waals surface area contributed by atoms with Crippen molar-refractivity contribution in [1.82, 2.24) is 4.90 Å². The van der Waals surface area contributed by atoms with Crippen LogP contribution in [-0.2, 0) is 0 Å². The van der Waals surface area contributed by atoms with E-state index in [1.165, 1.54) is 0 Å². The zero-order chi connectivity index (χ0) is 14.5. The van der Waals surface area contributed by atoms with Crippen LogP contribution in [0.4, 0.5) is 0 Å². The Balaban J connectivity index is 2.29. The van der Waals surface area contributed by atoms with Crippen LogP contribution in [0.25, 0.3) is 0 Å². The van der Waals surface area contributed by atoms with Gasteiger partial charge < -0.3 is 15.2 Å². The monoisotopic (exact) mass is 294 g/mol. The molecular weight excluding hydrogens is 272 g/mol. The SMILES string of the molecule is CCCN(CCC)C(C(N)=S)c1ccc2c(c1)OCO2. The first kappa shape index (κ1) is 15.1. The molecule has 1 atom stereocenters. The lowest BCUT2D eigenvalue weighted by Crippen LogP contribution is -2.37. The number of ether oxygens (including phenoxy) is 2. The topological polar surface area (TPSA) is 47.7 Å². The lowest BCUT2D eigenvalue weighted by Gasteiger charge is -2.31. The average Bonchev–Trinajstić information content (AvgIpc) is 2.86. The minimum atomic E-state index is -0.0422. The molecule has 2 rings (SSSR count). The van der Waals surface area contributed by atoms with Gasteiger partial charge in [-0.1, -0.05) is 32.1 Å². The van der Waals surface area contributed by atoms with E-state index in [1.54, 1.807) is 0 Å². The normalized spacial score (nSPS) is 14.6. The predicted octanol–water partition coefficient (Wildman–Crippen LogP) is 2.86. The Morgan fingerprint density at radius 3 is 2.50 bits per heavy atom. The number of nitrogens with two attached hydrogens (primary N) is 1. The molecule has 0 bridgehead atoms. The summed E-state index contributed by atoms with van der Waals surface area (Å²) in [6, 6.07) is 5.90. The predicted molar refractivity (Wildman–Crippen MR) is 84.2 cm³/mol. The van der Waals surface area contributed by atoms with E-state index in [0.29, 0.717) is 4.99 Å². The van der Waals surface area contributed by atoms with Gasteiger partial charge in [0.25, 0.3) is 0 Å². The third-order valence-electron chi connectivity index (χ3n) is 3.37. The van der Waals surface area contributed by atoms with Crippen molar-refractivity contribution in [3.05, 3.63) is 23.8 Å². The molecule has 2 N–H and O–H groups in total. The van der Waals surface area contributed by atoms with Crippen molar-refractivity contribution < 1.29 is 9.47 Å². The largest absolute Gasteiger partial charge is 0.454 e. The van der Waals surface area contributed by atoms with Crippen LogP contribution in [0.1, 0.15) is 38.3 Å². The highest BCUT2D eigenvalue weighted by Gasteiger charge is 2.24. The molecule has 1 unspecified atom stereocenters. The van der Waals surface area contributed by atoms with Crippen LogP contribution in [0.15, 0.2) is 18.2 Å². The van der Waals surface area contributed by atoms with Crippen molar-refractivity contribution in [3.8, 4) is 11.5 Å². The van der Waals surface area contributed by atoms with E-state index in [2.05, 4.69) is 18.7 Å². The van der Waals surface area contributed by atoms with Crippen LogP contribution < -0.4 is 15.2 Å². The highest BCUT2D eigenvalue weighted by Crippen LogP contribution is 2.35. The summed E-state index contributed by atoms with van der Waals surface area (Å²) in [4.78, 5) is 2.84. The maximum Gasteiger partial charge on any atom is 0.231 e. The van der Waals surface area contributed by atoms with E-state index >= 15 is 0 Å². The molecule has 0 fully saturated rings. The van der Waals surface area contributed by atoms with Crippen LogP contribution in [0.2, 0.25) is 0 Å². The van der Waals surface area contributed by atoms with Crippen molar-refractivity contribution in [2.75, 3.05) is 19.9 Å². The quantitative estimate of drug-likeness (QED) is 0.784. The van der Waals surface area contributed by atoms with E-state index in [-0.39, 0.29) is 12.8 Å². The number of fused-ring (bicyclic) bond motifs is 1. The number of nitrogens with zero attached hydrogens (tertiary/aromatic N) is 1. The van der Waals surface area contributed by atoms with E-state index < -0.39 is 0 Å². The Labute approximate surface area is 125 Å². The summed E-state index contributed by atoms with van der Waals surface area (Å²) >= 11 is 5.30. The molecule has 0 amide bonds. The van der Waals surface area contributed by atoms with Gasteiger partial charge in [-0.25, -0.2) is 0 Å². The van der Waals surface area contributed by atoms with Crippen molar-refractivity contribution in [1.29, 1.82) is 0 Å². The van der Waals surface area contributed by atoms with Crippen LogP contribution in [0.5, 0.6) is 11.5 Å². The average molecular weight is 294 g/mol. The number of benzene rings is 1. The molecule has 1 heterocycles. The standard InChI is InChI=1S/C15H22N2O2S/c1-3-7-17(8-4-2)14(15(16)20)11-5-6-12-13(9-11)19-10-18-12/h5-6,9,14H,3-4,7-8,10H2,1-2H3,(H2,16,20). The fourth-order valence-corrected chi connectivity index (χ4v) is 2.87. The Hall–Kier alpha value is -1.33. The number of hydrogen-bond acceptors (Lipinski definition) is 4. The fourth-order valence-electron chi connectivity index (χ4n) is 2.58. The molecular formula is C15H22N2O2S. The molecule has 4 nitrogen and oxygen atoms in total. The second-order valence-corrected chi connectivity index (χ2v) is 5.42. The van der Waals surface area contributed by atoms with Gasteiger partial charge in [0.15, 0.2) is 11.5 Å². The molecule has 5 heteroatoms. The first-order valence-electron chi connectivity index (χ1n) is 7.10. The van der Waals surface area contributed by atoms with Gasteiger partial charge in [0, 0.05) is 0 Å². The Bertz CT molecular complexity index is 473. The number of rotatable bonds is 7. The molecule has 110 valence electrons. The second-order valence-electron chi connectivity index (χ2n) is 4.95. The Morgan fingerprint density at radius 1 is 1.25 bits per heavy atom. The van der Waals surface area contributed by atoms with E-state index in [0.717, 1.165) is 43.0 Å². The van der Waals surface area contributed by atoms with Gasteiger partial charge in [-0.2, -0.15) is 0 Å². The third kappa shape index (κ3) is 3.22. The van der Waals surface area contributed by atoms with Gasteiger partial charge in [0.1, 0.15) is 0 Å². The Kier molecular flexibility index (Phi) is 5.20. The smallest absolute Gasteiger partial charge is 0.231 e. The summed E-state index contributed by atoms with van der Waals surface area (Å²) in [5.74, 6) is 1.56. The maximum absolute atomic E-state index is 5.99.